The van der Waals surface area contributed by atoms with E-state index in [1.54, 1.807) is 6.33 Å². The van der Waals surface area contributed by atoms with Gasteiger partial charge >= 0.3 is 0 Å². The first-order valence-electron chi connectivity index (χ1n) is 8.25. The fourth-order valence-corrected chi connectivity index (χ4v) is 2.95. The second-order valence-corrected chi connectivity index (χ2v) is 6.85. The summed E-state index contributed by atoms with van der Waals surface area (Å²) in [4.78, 5) is 18.7. The smallest absolute Gasteiger partial charge is 0.242 e. The van der Waals surface area contributed by atoms with E-state index in [2.05, 4.69) is 33.6 Å². The maximum atomic E-state index is 11.9. The van der Waals surface area contributed by atoms with E-state index in [9.17, 15) is 4.79 Å². The highest BCUT2D eigenvalue weighted by atomic mass is 16.2. The summed E-state index contributed by atoms with van der Waals surface area (Å²) in [6.07, 6.45) is 7.84. The predicted octanol–water partition coefficient (Wildman–Crippen LogP) is 1.78. The Morgan fingerprint density at radius 3 is 2.77 bits per heavy atom. The van der Waals surface area contributed by atoms with Gasteiger partial charge in [0.25, 0.3) is 0 Å². The molecule has 0 aromatic carbocycles. The maximum absolute atomic E-state index is 11.9. The van der Waals surface area contributed by atoms with Crippen molar-refractivity contribution in [3.05, 3.63) is 12.5 Å². The Hall–Kier alpha value is -1.40. The molecule has 1 aliphatic rings. The van der Waals surface area contributed by atoms with Crippen molar-refractivity contribution in [2.24, 2.45) is 5.73 Å². The number of rotatable bonds is 7. The first-order chi connectivity index (χ1) is 10.4. The van der Waals surface area contributed by atoms with Crippen LogP contribution < -0.4 is 11.1 Å². The molecule has 1 amide bonds. The fourth-order valence-electron chi connectivity index (χ4n) is 2.95. The summed E-state index contributed by atoms with van der Waals surface area (Å²) in [6, 6.07) is -0.465. The summed E-state index contributed by atoms with van der Waals surface area (Å²) in [5.74, 6) is 0.412. The molecule has 1 aromatic heterocycles. The normalized spacial score (nSPS) is 17.6. The predicted molar refractivity (Wildman–Crippen MR) is 88.7 cm³/mol. The Bertz CT molecular complexity index is 490. The number of amides is 1. The molecular formula is C16H29N5O. The van der Waals surface area contributed by atoms with E-state index in [0.29, 0.717) is 12.2 Å². The topological polar surface area (TPSA) is 76.2 Å². The van der Waals surface area contributed by atoms with Crippen molar-refractivity contribution in [2.45, 2.75) is 58.0 Å². The van der Waals surface area contributed by atoms with Gasteiger partial charge in [0.2, 0.25) is 5.91 Å². The van der Waals surface area contributed by atoms with Gasteiger partial charge in [-0.1, -0.05) is 13.3 Å². The van der Waals surface area contributed by atoms with Crippen molar-refractivity contribution in [1.29, 1.82) is 0 Å². The van der Waals surface area contributed by atoms with Gasteiger partial charge in [-0.05, 0) is 46.2 Å². The average Bonchev–Trinajstić information content (AvgIpc) is 3.10. The van der Waals surface area contributed by atoms with E-state index in [0.717, 1.165) is 13.0 Å². The summed E-state index contributed by atoms with van der Waals surface area (Å²) in [6.45, 7) is 9.75. The molecule has 2 rings (SSSR count). The second kappa shape index (κ2) is 7.24. The van der Waals surface area contributed by atoms with Gasteiger partial charge in [0, 0.05) is 12.7 Å². The fraction of sp³-hybridized carbons (Fsp3) is 0.750. The third-order valence-electron chi connectivity index (χ3n) is 4.28. The van der Waals surface area contributed by atoms with Gasteiger partial charge in [-0.25, -0.2) is 4.98 Å². The zero-order chi connectivity index (χ0) is 16.2. The van der Waals surface area contributed by atoms with Crippen LogP contribution >= 0.6 is 0 Å². The van der Waals surface area contributed by atoms with E-state index in [-0.39, 0.29) is 11.4 Å². The first-order valence-corrected chi connectivity index (χ1v) is 8.25. The number of carbonyl (C=O) groups excluding carboxylic acids is 1. The van der Waals surface area contributed by atoms with Gasteiger partial charge in [-0.15, -0.1) is 0 Å². The van der Waals surface area contributed by atoms with Crippen molar-refractivity contribution < 1.29 is 4.79 Å². The van der Waals surface area contributed by atoms with Crippen LogP contribution in [0.1, 0.15) is 46.5 Å². The number of nitrogens with one attached hydrogen (secondary N) is 1. The monoisotopic (exact) mass is 307 g/mol. The number of likely N-dealkylation sites (tertiary alicyclic amines) is 1. The van der Waals surface area contributed by atoms with E-state index in [1.165, 1.54) is 25.9 Å². The third kappa shape index (κ3) is 4.30. The minimum absolute atomic E-state index is 0.0497. The molecule has 1 aliphatic heterocycles. The van der Waals surface area contributed by atoms with Crippen molar-refractivity contribution in [1.82, 2.24) is 14.5 Å². The maximum Gasteiger partial charge on any atom is 0.242 e. The molecule has 124 valence electrons. The van der Waals surface area contributed by atoms with Crippen LogP contribution in [0.3, 0.4) is 0 Å². The first kappa shape index (κ1) is 17.0. The van der Waals surface area contributed by atoms with E-state index in [4.69, 9.17) is 5.73 Å². The zero-order valence-electron chi connectivity index (χ0n) is 14.0. The summed E-state index contributed by atoms with van der Waals surface area (Å²) in [5.41, 5.74) is 5.77. The van der Waals surface area contributed by atoms with Crippen LogP contribution in [-0.2, 0) is 10.3 Å². The van der Waals surface area contributed by atoms with Crippen molar-refractivity contribution in [3.63, 3.8) is 0 Å². The lowest BCUT2D eigenvalue weighted by Gasteiger charge is -2.31. The van der Waals surface area contributed by atoms with Crippen LogP contribution in [0, 0.1) is 0 Å². The van der Waals surface area contributed by atoms with Crippen LogP contribution in [0.4, 0.5) is 5.82 Å². The van der Waals surface area contributed by atoms with Gasteiger partial charge in [0.15, 0.2) is 5.82 Å². The summed E-state index contributed by atoms with van der Waals surface area (Å²) < 4.78 is 2.08. The van der Waals surface area contributed by atoms with Crippen molar-refractivity contribution in [3.8, 4) is 0 Å². The van der Waals surface area contributed by atoms with Crippen LogP contribution in [0.5, 0.6) is 0 Å². The quantitative estimate of drug-likeness (QED) is 0.805. The van der Waals surface area contributed by atoms with Crippen LogP contribution in [-0.4, -0.2) is 46.0 Å². The Labute approximate surface area is 133 Å². The minimum atomic E-state index is -0.465. The number of hydrogen-bond donors (Lipinski definition) is 2. The number of imidazole rings is 1. The van der Waals surface area contributed by atoms with Gasteiger partial charge in [0.1, 0.15) is 0 Å². The molecule has 1 fully saturated rings. The summed E-state index contributed by atoms with van der Waals surface area (Å²) in [5, 5.41) is 2.80. The lowest BCUT2D eigenvalue weighted by Crippen LogP contribution is -2.39. The molecular weight excluding hydrogens is 278 g/mol. The molecule has 6 nitrogen and oxygen atoms in total. The van der Waals surface area contributed by atoms with E-state index in [1.807, 2.05) is 13.1 Å². The van der Waals surface area contributed by atoms with Gasteiger partial charge in [-0.2, -0.15) is 0 Å². The Kier molecular flexibility index (Phi) is 5.58. The lowest BCUT2D eigenvalue weighted by molar-refractivity contribution is -0.117. The molecule has 0 aliphatic carbocycles. The molecule has 1 unspecified atom stereocenters. The molecule has 0 spiro atoms. The Morgan fingerprint density at radius 2 is 2.14 bits per heavy atom. The molecule has 0 radical (unpaired) electrons. The highest BCUT2D eigenvalue weighted by Crippen LogP contribution is 2.21. The van der Waals surface area contributed by atoms with Crippen molar-refractivity contribution in [2.75, 3.05) is 25.0 Å². The number of carbonyl (C=O) groups is 1. The largest absolute Gasteiger partial charge is 0.328 e. The minimum Gasteiger partial charge on any atom is -0.328 e. The standard InChI is InChI=1S/C16H29N5O/c1-4-7-13(17)15(22)19-14-10-21(12-18-14)16(2,3)11-20-8-5-6-9-20/h10,12-13H,4-9,11,17H2,1-3H3,(H,19,22). The number of nitrogens with two attached hydrogens (primary N) is 1. The highest BCUT2D eigenvalue weighted by molar-refractivity contribution is 5.93. The summed E-state index contributed by atoms with van der Waals surface area (Å²) >= 11 is 0. The Balaban J connectivity index is 1.96. The summed E-state index contributed by atoms with van der Waals surface area (Å²) in [7, 11) is 0. The van der Waals surface area contributed by atoms with Crippen LogP contribution in [0.15, 0.2) is 12.5 Å². The molecule has 2 heterocycles. The molecule has 6 heteroatoms. The van der Waals surface area contributed by atoms with E-state index < -0.39 is 6.04 Å². The number of aromatic nitrogens is 2. The average molecular weight is 307 g/mol. The molecule has 1 atom stereocenters. The van der Waals surface area contributed by atoms with Crippen LogP contribution in [0.25, 0.3) is 0 Å². The lowest BCUT2D eigenvalue weighted by atomic mass is 10.1. The second-order valence-electron chi connectivity index (χ2n) is 6.85. The van der Waals surface area contributed by atoms with Gasteiger partial charge in [0.05, 0.1) is 17.9 Å². The zero-order valence-corrected chi connectivity index (χ0v) is 14.0. The van der Waals surface area contributed by atoms with Gasteiger partial charge < -0.3 is 20.5 Å². The molecule has 22 heavy (non-hydrogen) atoms. The Morgan fingerprint density at radius 1 is 1.45 bits per heavy atom. The third-order valence-corrected chi connectivity index (χ3v) is 4.28. The molecule has 0 saturated carbocycles. The van der Waals surface area contributed by atoms with Crippen molar-refractivity contribution >= 4 is 11.7 Å². The SMILES string of the molecule is CCCC(N)C(=O)Nc1cn(C(C)(C)CN2CCCC2)cn1. The van der Waals surface area contributed by atoms with Gasteiger partial charge in [-0.3, -0.25) is 4.79 Å². The van der Waals surface area contributed by atoms with Crippen LogP contribution in [0.2, 0.25) is 0 Å². The highest BCUT2D eigenvalue weighted by Gasteiger charge is 2.26. The molecule has 1 aromatic rings. The van der Waals surface area contributed by atoms with E-state index >= 15 is 0 Å². The molecule has 1 saturated heterocycles. The molecule has 0 bridgehead atoms. The number of nitrogens with zero attached hydrogens (tertiary/aromatic N) is 3. The molecule has 3 N–H and O–H groups in total. The number of anilines is 1. The number of hydrogen-bond acceptors (Lipinski definition) is 4.